The molecular formula is C18H26ClN3O2. The molecule has 1 aliphatic carbocycles. The molecule has 1 atom stereocenters. The third-order valence-corrected chi connectivity index (χ3v) is 5.10. The van der Waals surface area contributed by atoms with Crippen molar-refractivity contribution >= 4 is 24.2 Å². The zero-order valence-electron chi connectivity index (χ0n) is 14.1. The molecule has 1 heterocycles. The van der Waals surface area contributed by atoms with Gasteiger partial charge in [-0.1, -0.05) is 12.1 Å². The van der Waals surface area contributed by atoms with E-state index in [0.717, 1.165) is 37.9 Å². The summed E-state index contributed by atoms with van der Waals surface area (Å²) in [5, 5.41) is 9.18. The fraction of sp³-hybridized carbons (Fsp3) is 0.556. The van der Waals surface area contributed by atoms with Gasteiger partial charge in [0, 0.05) is 24.6 Å². The number of carbonyl (C=O) groups is 2. The third-order valence-electron chi connectivity index (χ3n) is 5.10. The molecule has 0 aromatic heterocycles. The van der Waals surface area contributed by atoms with Gasteiger partial charge in [-0.25, -0.2) is 0 Å². The monoisotopic (exact) mass is 351 g/mol. The van der Waals surface area contributed by atoms with E-state index in [0.29, 0.717) is 18.7 Å². The molecule has 1 saturated heterocycles. The van der Waals surface area contributed by atoms with Crippen molar-refractivity contribution in [3.63, 3.8) is 0 Å². The Labute approximate surface area is 149 Å². The minimum Gasteiger partial charge on any atom is -0.352 e. The maximum Gasteiger partial charge on any atom is 0.251 e. The van der Waals surface area contributed by atoms with Crippen molar-refractivity contribution in [2.45, 2.75) is 32.7 Å². The summed E-state index contributed by atoms with van der Waals surface area (Å²) in [6, 6.07) is 7.44. The minimum atomic E-state index is -0.0727. The van der Waals surface area contributed by atoms with E-state index >= 15 is 0 Å². The third kappa shape index (κ3) is 4.08. The average molecular weight is 352 g/mol. The molecule has 1 aliphatic heterocycles. The highest BCUT2D eigenvalue weighted by molar-refractivity contribution is 5.94. The van der Waals surface area contributed by atoms with Crippen LogP contribution in [0, 0.1) is 11.3 Å². The summed E-state index contributed by atoms with van der Waals surface area (Å²) in [7, 11) is 0. The maximum absolute atomic E-state index is 12.4. The highest BCUT2D eigenvalue weighted by atomic mass is 35.5. The first-order valence-electron chi connectivity index (χ1n) is 8.50. The van der Waals surface area contributed by atoms with Crippen LogP contribution in [0.5, 0.6) is 0 Å². The molecule has 2 fully saturated rings. The smallest absolute Gasteiger partial charge is 0.251 e. The lowest BCUT2D eigenvalue weighted by Gasteiger charge is -2.23. The Morgan fingerprint density at radius 3 is 2.71 bits per heavy atom. The van der Waals surface area contributed by atoms with Gasteiger partial charge in [-0.3, -0.25) is 9.59 Å². The Bertz CT molecular complexity index is 600. The van der Waals surface area contributed by atoms with E-state index in [2.05, 4.69) is 16.0 Å². The van der Waals surface area contributed by atoms with Crippen molar-refractivity contribution in [2.24, 2.45) is 11.3 Å². The molecule has 3 N–H and O–H groups in total. The second-order valence-electron chi connectivity index (χ2n) is 6.65. The van der Waals surface area contributed by atoms with E-state index in [4.69, 9.17) is 0 Å². The van der Waals surface area contributed by atoms with Gasteiger partial charge in [0.25, 0.3) is 5.91 Å². The molecule has 24 heavy (non-hydrogen) atoms. The standard InChI is InChI=1S/C18H25N3O2.ClH/c1-2-20-16(22)14-5-3-4-13(10-14)12-21-17(23)15-11-18(15)6-8-19-9-7-18;/h3-5,10,15,19H,2,6-9,11-12H2,1H3,(H,20,22)(H,21,23);1H. The molecule has 6 heteroatoms. The van der Waals surface area contributed by atoms with Gasteiger partial charge in [-0.05, 0) is 62.4 Å². The van der Waals surface area contributed by atoms with Crippen LogP contribution in [-0.2, 0) is 11.3 Å². The zero-order chi connectivity index (χ0) is 16.3. The van der Waals surface area contributed by atoms with Crippen molar-refractivity contribution in [3.05, 3.63) is 35.4 Å². The molecule has 2 aliphatic rings. The summed E-state index contributed by atoms with van der Waals surface area (Å²) in [5.41, 5.74) is 1.86. The lowest BCUT2D eigenvalue weighted by atomic mass is 9.92. The molecule has 132 valence electrons. The summed E-state index contributed by atoms with van der Waals surface area (Å²) >= 11 is 0. The highest BCUT2D eigenvalue weighted by Gasteiger charge is 2.57. The topological polar surface area (TPSA) is 70.2 Å². The number of nitrogens with one attached hydrogen (secondary N) is 3. The first kappa shape index (κ1) is 18.7. The number of carbonyl (C=O) groups excluding carboxylic acids is 2. The second kappa shape index (κ2) is 7.99. The molecule has 5 nitrogen and oxygen atoms in total. The first-order chi connectivity index (χ1) is 11.1. The molecule has 1 saturated carbocycles. The number of hydrogen-bond donors (Lipinski definition) is 3. The summed E-state index contributed by atoms with van der Waals surface area (Å²) in [6.45, 7) is 5.04. The van der Waals surface area contributed by atoms with Crippen LogP contribution in [0.1, 0.15) is 42.1 Å². The summed E-state index contributed by atoms with van der Waals surface area (Å²) in [5.74, 6) is 0.267. The molecular weight excluding hydrogens is 326 g/mol. The molecule has 0 bridgehead atoms. The number of piperidine rings is 1. The van der Waals surface area contributed by atoms with E-state index in [-0.39, 0.29) is 35.6 Å². The molecule has 1 spiro atoms. The van der Waals surface area contributed by atoms with Crippen LogP contribution in [0.3, 0.4) is 0 Å². The zero-order valence-corrected chi connectivity index (χ0v) is 14.9. The van der Waals surface area contributed by atoms with Crippen LogP contribution in [0.2, 0.25) is 0 Å². The van der Waals surface area contributed by atoms with Gasteiger partial charge in [-0.2, -0.15) is 0 Å². The minimum absolute atomic E-state index is 0. The predicted molar refractivity (Wildman–Crippen MR) is 96.2 cm³/mol. The number of hydrogen-bond acceptors (Lipinski definition) is 3. The lowest BCUT2D eigenvalue weighted by Crippen LogP contribution is -2.33. The quantitative estimate of drug-likeness (QED) is 0.758. The number of rotatable bonds is 5. The number of amides is 2. The van der Waals surface area contributed by atoms with Crippen molar-refractivity contribution < 1.29 is 9.59 Å². The lowest BCUT2D eigenvalue weighted by molar-refractivity contribution is -0.123. The molecule has 3 rings (SSSR count). The van der Waals surface area contributed by atoms with E-state index in [1.165, 1.54) is 0 Å². The molecule has 1 aromatic carbocycles. The summed E-state index contributed by atoms with van der Waals surface area (Å²) in [6.07, 6.45) is 3.25. The molecule has 0 radical (unpaired) electrons. The Hall–Kier alpha value is -1.59. The Morgan fingerprint density at radius 2 is 2.00 bits per heavy atom. The Balaban J connectivity index is 0.00000208. The van der Waals surface area contributed by atoms with Gasteiger partial charge >= 0.3 is 0 Å². The number of halogens is 1. The van der Waals surface area contributed by atoms with Gasteiger partial charge < -0.3 is 16.0 Å². The van der Waals surface area contributed by atoms with Crippen LogP contribution in [0.4, 0.5) is 0 Å². The van der Waals surface area contributed by atoms with Crippen LogP contribution >= 0.6 is 12.4 Å². The highest BCUT2D eigenvalue weighted by Crippen LogP contribution is 2.58. The van der Waals surface area contributed by atoms with Crippen LogP contribution in [0.15, 0.2) is 24.3 Å². The predicted octanol–water partition coefficient (Wildman–Crippen LogP) is 1.86. The fourth-order valence-corrected chi connectivity index (χ4v) is 3.59. The van der Waals surface area contributed by atoms with Crippen molar-refractivity contribution in [1.29, 1.82) is 0 Å². The van der Waals surface area contributed by atoms with Crippen LogP contribution < -0.4 is 16.0 Å². The largest absolute Gasteiger partial charge is 0.352 e. The fourth-order valence-electron chi connectivity index (χ4n) is 3.59. The molecule has 2 amide bonds. The Kier molecular flexibility index (Phi) is 6.24. The van der Waals surface area contributed by atoms with Gasteiger partial charge in [-0.15, -0.1) is 12.4 Å². The SMILES string of the molecule is CCNC(=O)c1cccc(CNC(=O)C2CC23CCNCC3)c1.Cl. The van der Waals surface area contributed by atoms with Crippen LogP contribution in [-0.4, -0.2) is 31.4 Å². The van der Waals surface area contributed by atoms with Crippen LogP contribution in [0.25, 0.3) is 0 Å². The van der Waals surface area contributed by atoms with E-state index in [1.54, 1.807) is 6.07 Å². The van der Waals surface area contributed by atoms with Gasteiger partial charge in [0.1, 0.15) is 0 Å². The van der Waals surface area contributed by atoms with E-state index in [9.17, 15) is 9.59 Å². The second-order valence-corrected chi connectivity index (χ2v) is 6.65. The maximum atomic E-state index is 12.4. The van der Waals surface area contributed by atoms with Gasteiger partial charge in [0.2, 0.25) is 5.91 Å². The summed E-state index contributed by atoms with van der Waals surface area (Å²) in [4.78, 5) is 24.2. The van der Waals surface area contributed by atoms with Crippen molar-refractivity contribution in [2.75, 3.05) is 19.6 Å². The number of benzene rings is 1. The van der Waals surface area contributed by atoms with Crippen molar-refractivity contribution in [1.82, 2.24) is 16.0 Å². The van der Waals surface area contributed by atoms with Gasteiger partial charge in [0.15, 0.2) is 0 Å². The molecule has 1 unspecified atom stereocenters. The van der Waals surface area contributed by atoms with E-state index in [1.807, 2.05) is 25.1 Å². The van der Waals surface area contributed by atoms with E-state index < -0.39 is 0 Å². The normalized spacial score (nSPS) is 20.8. The van der Waals surface area contributed by atoms with Gasteiger partial charge in [0.05, 0.1) is 0 Å². The van der Waals surface area contributed by atoms with Crippen molar-refractivity contribution in [3.8, 4) is 0 Å². The molecule has 1 aromatic rings. The first-order valence-corrected chi connectivity index (χ1v) is 8.50. The summed E-state index contributed by atoms with van der Waals surface area (Å²) < 4.78 is 0. The average Bonchev–Trinajstić information content (AvgIpc) is 3.27. The Morgan fingerprint density at radius 1 is 1.25 bits per heavy atom.